The number of allylic oxidation sites excluding steroid dienone is 2. The number of halogens is 1. The first kappa shape index (κ1) is 18.9. The predicted octanol–water partition coefficient (Wildman–Crippen LogP) is 3.64. The highest BCUT2D eigenvalue weighted by molar-refractivity contribution is 7.16. The highest BCUT2D eigenvalue weighted by Crippen LogP contribution is 2.41. The number of anilines is 1. The monoisotopic (exact) mass is 394 g/mol. The third-order valence-corrected chi connectivity index (χ3v) is 6.21. The molecule has 2 atom stereocenters. The Morgan fingerprint density at radius 2 is 2.19 bits per heavy atom. The molecule has 0 bridgehead atoms. The molecule has 0 radical (unpaired) electrons. The van der Waals surface area contributed by atoms with Crippen LogP contribution < -0.4 is 5.32 Å². The highest BCUT2D eigenvalue weighted by atomic mass is 35.5. The van der Waals surface area contributed by atoms with Crippen LogP contribution in [0.2, 0.25) is 0 Å². The molecule has 2 heterocycles. The number of aliphatic carboxylic acids is 1. The molecule has 1 amide bonds. The molecule has 2 N–H and O–H groups in total. The van der Waals surface area contributed by atoms with Gasteiger partial charge < -0.3 is 15.2 Å². The van der Waals surface area contributed by atoms with Crippen molar-refractivity contribution in [3.63, 3.8) is 0 Å². The Balaban J connectivity index is 1.86. The molecule has 1 aromatic heterocycles. The van der Waals surface area contributed by atoms with Crippen LogP contribution in [0.15, 0.2) is 11.1 Å². The van der Waals surface area contributed by atoms with Crippen molar-refractivity contribution in [1.82, 2.24) is 0 Å². The summed E-state index contributed by atoms with van der Waals surface area (Å²) in [5, 5.41) is 22.7. The van der Waals surface area contributed by atoms with Gasteiger partial charge in [0.25, 0.3) is 0 Å². The molecular formula is C18H19ClN2O4S. The summed E-state index contributed by atoms with van der Waals surface area (Å²) in [6.45, 7) is 4.31. The number of amides is 1. The second-order valence-corrected chi connectivity index (χ2v) is 8.77. The second-order valence-electron chi connectivity index (χ2n) is 7.18. The van der Waals surface area contributed by atoms with Gasteiger partial charge in [0.1, 0.15) is 11.1 Å². The minimum absolute atomic E-state index is 0.188. The summed E-state index contributed by atoms with van der Waals surface area (Å²) >= 11 is 7.34. The number of hydrogen-bond acceptors (Lipinski definition) is 5. The molecule has 8 heteroatoms. The van der Waals surface area contributed by atoms with Gasteiger partial charge in [0, 0.05) is 16.3 Å². The van der Waals surface area contributed by atoms with E-state index in [1.54, 1.807) is 6.08 Å². The van der Waals surface area contributed by atoms with Gasteiger partial charge in [-0.3, -0.25) is 9.59 Å². The Hall–Kier alpha value is -1.88. The molecule has 3 rings (SSSR count). The minimum Gasteiger partial charge on any atom is -0.481 e. The topological polar surface area (TPSA) is 99.4 Å². The zero-order valence-corrected chi connectivity index (χ0v) is 16.0. The van der Waals surface area contributed by atoms with Crippen LogP contribution in [-0.4, -0.2) is 22.6 Å². The van der Waals surface area contributed by atoms with Crippen molar-refractivity contribution in [2.75, 3.05) is 5.32 Å². The quantitative estimate of drug-likeness (QED) is 0.815. The number of hydrogen-bond donors (Lipinski definition) is 2. The number of ether oxygens (including phenoxy) is 1. The largest absolute Gasteiger partial charge is 0.481 e. The van der Waals surface area contributed by atoms with E-state index in [9.17, 15) is 20.0 Å². The van der Waals surface area contributed by atoms with Crippen molar-refractivity contribution in [3.8, 4) is 6.07 Å². The molecule has 2 aliphatic rings. The number of carbonyl (C=O) groups excluding carboxylic acids is 1. The van der Waals surface area contributed by atoms with Crippen molar-refractivity contribution >= 4 is 39.8 Å². The van der Waals surface area contributed by atoms with Crippen LogP contribution in [0.25, 0.3) is 0 Å². The normalized spacial score (nSPS) is 24.2. The van der Waals surface area contributed by atoms with Crippen LogP contribution >= 0.6 is 22.9 Å². The van der Waals surface area contributed by atoms with Gasteiger partial charge >= 0.3 is 5.97 Å². The predicted molar refractivity (Wildman–Crippen MR) is 98.0 cm³/mol. The molecule has 1 aromatic rings. The lowest BCUT2D eigenvalue weighted by atomic mass is 9.82. The van der Waals surface area contributed by atoms with E-state index in [1.165, 1.54) is 11.3 Å². The molecule has 0 unspecified atom stereocenters. The Bertz CT molecular complexity index is 837. The number of thiophene rings is 1. The van der Waals surface area contributed by atoms with E-state index in [0.717, 1.165) is 10.4 Å². The van der Waals surface area contributed by atoms with Crippen molar-refractivity contribution in [1.29, 1.82) is 5.26 Å². The van der Waals surface area contributed by atoms with Gasteiger partial charge in [-0.15, -0.1) is 11.3 Å². The van der Waals surface area contributed by atoms with E-state index in [-0.39, 0.29) is 18.4 Å². The Morgan fingerprint density at radius 1 is 1.46 bits per heavy atom. The van der Waals surface area contributed by atoms with Crippen LogP contribution in [-0.2, 0) is 27.4 Å². The average Bonchev–Trinajstić information content (AvgIpc) is 2.89. The second kappa shape index (κ2) is 7.03. The lowest BCUT2D eigenvalue weighted by Gasteiger charge is -2.29. The van der Waals surface area contributed by atoms with Gasteiger partial charge in [-0.2, -0.15) is 5.26 Å². The summed E-state index contributed by atoms with van der Waals surface area (Å²) in [6, 6.07) is 2.18. The zero-order chi connectivity index (χ0) is 19.1. The molecule has 26 heavy (non-hydrogen) atoms. The number of carboxylic acid groups (broad SMARTS) is 1. The van der Waals surface area contributed by atoms with Crippen LogP contribution in [0.5, 0.6) is 0 Å². The number of fused-ring (bicyclic) bond motifs is 1. The third kappa shape index (κ3) is 3.63. The maximum Gasteiger partial charge on any atom is 0.307 e. The molecule has 1 aliphatic heterocycles. The molecule has 0 spiro atoms. The van der Waals surface area contributed by atoms with Crippen LogP contribution in [0.3, 0.4) is 0 Å². The maximum absolute atomic E-state index is 12.7. The number of carboxylic acids is 1. The first-order chi connectivity index (χ1) is 12.2. The Kier molecular flexibility index (Phi) is 5.11. The molecule has 0 saturated carbocycles. The standard InChI is InChI=1S/C18H19ClN2O4S/c1-18(2)6-12-13(7-20)16(26-14(12)8-25-18)21-15(22)11-5-9(19)3-4-10(11)17(23)24/h3,10-11H,4-6,8H2,1-2H3,(H,21,22)(H,23,24)/t10-,11+/m0/s1. The summed E-state index contributed by atoms with van der Waals surface area (Å²) < 4.78 is 5.77. The summed E-state index contributed by atoms with van der Waals surface area (Å²) in [5.41, 5.74) is 0.983. The fourth-order valence-electron chi connectivity index (χ4n) is 3.37. The number of rotatable bonds is 3. The lowest BCUT2D eigenvalue weighted by Crippen LogP contribution is -2.35. The van der Waals surface area contributed by atoms with Gasteiger partial charge in [0.05, 0.1) is 29.6 Å². The fraction of sp³-hybridized carbons (Fsp3) is 0.500. The van der Waals surface area contributed by atoms with E-state index in [1.807, 2.05) is 13.8 Å². The van der Waals surface area contributed by atoms with Crippen molar-refractivity contribution in [3.05, 3.63) is 27.1 Å². The van der Waals surface area contributed by atoms with Gasteiger partial charge in [0.2, 0.25) is 5.91 Å². The average molecular weight is 395 g/mol. The Labute approximate surface area is 160 Å². The SMILES string of the molecule is CC1(C)Cc2c(sc(NC(=O)[C@@H]3CC(Cl)=CC[C@@H]3C(=O)O)c2C#N)CO1. The van der Waals surface area contributed by atoms with Gasteiger partial charge in [-0.05, 0) is 32.3 Å². The third-order valence-electron chi connectivity index (χ3n) is 4.78. The van der Waals surface area contributed by atoms with Crippen LogP contribution in [0.1, 0.15) is 42.7 Å². The molecular weight excluding hydrogens is 376 g/mol. The Morgan fingerprint density at radius 3 is 2.85 bits per heavy atom. The van der Waals surface area contributed by atoms with Gasteiger partial charge in [0.15, 0.2) is 0 Å². The summed E-state index contributed by atoms with van der Waals surface area (Å²) in [4.78, 5) is 25.1. The van der Waals surface area contributed by atoms with Crippen LogP contribution in [0, 0.1) is 23.2 Å². The summed E-state index contributed by atoms with van der Waals surface area (Å²) in [7, 11) is 0. The molecule has 0 saturated heterocycles. The number of nitriles is 1. The smallest absolute Gasteiger partial charge is 0.307 e. The van der Waals surface area contributed by atoms with Crippen molar-refractivity contribution in [2.45, 2.75) is 45.3 Å². The summed E-state index contributed by atoms with van der Waals surface area (Å²) in [6.07, 6.45) is 2.65. The molecule has 0 fully saturated rings. The highest BCUT2D eigenvalue weighted by Gasteiger charge is 2.37. The first-order valence-electron chi connectivity index (χ1n) is 8.28. The first-order valence-corrected chi connectivity index (χ1v) is 9.48. The van der Waals surface area contributed by atoms with Crippen molar-refractivity contribution < 1.29 is 19.4 Å². The molecule has 138 valence electrons. The van der Waals surface area contributed by atoms with Crippen molar-refractivity contribution in [2.24, 2.45) is 11.8 Å². The number of nitrogens with one attached hydrogen (secondary N) is 1. The van der Waals surface area contributed by atoms with E-state index >= 15 is 0 Å². The van der Waals surface area contributed by atoms with E-state index < -0.39 is 23.7 Å². The molecule has 0 aromatic carbocycles. The van der Waals surface area contributed by atoms with E-state index in [4.69, 9.17) is 16.3 Å². The maximum atomic E-state index is 12.7. The minimum atomic E-state index is -1.02. The fourth-order valence-corrected chi connectivity index (χ4v) is 4.71. The zero-order valence-electron chi connectivity index (χ0n) is 14.5. The van der Waals surface area contributed by atoms with E-state index in [0.29, 0.717) is 28.6 Å². The van der Waals surface area contributed by atoms with Gasteiger partial charge in [-0.25, -0.2) is 0 Å². The molecule has 1 aliphatic carbocycles. The number of carbonyl (C=O) groups is 2. The van der Waals surface area contributed by atoms with Crippen LogP contribution in [0.4, 0.5) is 5.00 Å². The molecule has 6 nitrogen and oxygen atoms in total. The summed E-state index contributed by atoms with van der Waals surface area (Å²) in [5.74, 6) is -3.02. The van der Waals surface area contributed by atoms with Gasteiger partial charge in [-0.1, -0.05) is 17.7 Å². The van der Waals surface area contributed by atoms with E-state index in [2.05, 4.69) is 11.4 Å². The number of nitrogens with zero attached hydrogens (tertiary/aromatic N) is 1. The lowest BCUT2D eigenvalue weighted by molar-refractivity contribution is -0.146.